The summed E-state index contributed by atoms with van der Waals surface area (Å²) < 4.78 is 7.24. The molecule has 10 heteroatoms. The molecule has 4 heterocycles. The molecule has 1 saturated heterocycles. The Bertz CT molecular complexity index is 1300. The number of anilines is 3. The molecule has 4 aromatic rings. The highest BCUT2D eigenvalue weighted by Gasteiger charge is 2.20. The van der Waals surface area contributed by atoms with Gasteiger partial charge in [0.05, 0.1) is 24.4 Å². The van der Waals surface area contributed by atoms with E-state index >= 15 is 0 Å². The van der Waals surface area contributed by atoms with Gasteiger partial charge < -0.3 is 29.8 Å². The zero-order chi connectivity index (χ0) is 22.9. The van der Waals surface area contributed by atoms with Crippen molar-refractivity contribution in [1.82, 2.24) is 19.4 Å². The van der Waals surface area contributed by atoms with Gasteiger partial charge in [0, 0.05) is 62.1 Å². The number of piperazine rings is 1. The molecular formula is C23H24ClN7O2. The monoisotopic (exact) mass is 465 g/mol. The average molecular weight is 466 g/mol. The molecule has 3 aromatic heterocycles. The number of halogens is 1. The third kappa shape index (κ3) is 4.12. The summed E-state index contributed by atoms with van der Waals surface area (Å²) in [6, 6.07) is 9.37. The number of aromatic nitrogens is 4. The maximum Gasteiger partial charge on any atom is 0.227 e. The number of ether oxygens (including phenoxy) is 1. The number of imidazole rings is 1. The highest BCUT2D eigenvalue weighted by atomic mass is 35.5. The van der Waals surface area contributed by atoms with Gasteiger partial charge in [0.25, 0.3) is 0 Å². The lowest BCUT2D eigenvalue weighted by Gasteiger charge is -2.36. The van der Waals surface area contributed by atoms with Crippen LogP contribution in [0.15, 0.2) is 48.9 Å². The third-order valence-corrected chi connectivity index (χ3v) is 6.16. The summed E-state index contributed by atoms with van der Waals surface area (Å²) in [5, 5.41) is 10.3. The van der Waals surface area contributed by atoms with Gasteiger partial charge in [-0.15, -0.1) is 0 Å². The molecule has 1 aliphatic heterocycles. The molecule has 5 rings (SSSR count). The smallest absolute Gasteiger partial charge is 0.227 e. The zero-order valence-electron chi connectivity index (χ0n) is 18.1. The van der Waals surface area contributed by atoms with E-state index in [4.69, 9.17) is 27.1 Å². The molecule has 0 radical (unpaired) electrons. The van der Waals surface area contributed by atoms with Crippen LogP contribution in [-0.4, -0.2) is 57.7 Å². The number of pyridine rings is 1. The van der Waals surface area contributed by atoms with Crippen LogP contribution in [0.2, 0.25) is 5.02 Å². The Morgan fingerprint density at radius 3 is 2.61 bits per heavy atom. The maximum atomic E-state index is 9.84. The second kappa shape index (κ2) is 8.76. The number of rotatable bonds is 5. The first-order valence-electron chi connectivity index (χ1n) is 10.6. The van der Waals surface area contributed by atoms with Crippen LogP contribution in [0, 0.1) is 0 Å². The summed E-state index contributed by atoms with van der Waals surface area (Å²) in [5.41, 5.74) is 9.95. The lowest BCUT2D eigenvalue weighted by Crippen LogP contribution is -2.47. The van der Waals surface area contributed by atoms with Crippen LogP contribution in [0.25, 0.3) is 16.9 Å². The van der Waals surface area contributed by atoms with E-state index < -0.39 is 0 Å². The van der Waals surface area contributed by atoms with E-state index in [0.29, 0.717) is 28.1 Å². The molecule has 0 aliphatic carbocycles. The Morgan fingerprint density at radius 1 is 1.09 bits per heavy atom. The number of hydrogen-bond donors (Lipinski definition) is 2. The number of nitrogen functional groups attached to an aromatic ring is 1. The average Bonchev–Trinajstić information content (AvgIpc) is 3.27. The number of aliphatic hydroxyl groups excluding tert-OH is 1. The number of benzene rings is 1. The number of aliphatic hydroxyl groups is 1. The predicted molar refractivity (Wildman–Crippen MR) is 129 cm³/mol. The van der Waals surface area contributed by atoms with Gasteiger partial charge in [0.2, 0.25) is 5.95 Å². The van der Waals surface area contributed by atoms with Crippen LogP contribution in [0.4, 0.5) is 17.5 Å². The van der Waals surface area contributed by atoms with Gasteiger partial charge in [-0.05, 0) is 29.8 Å². The summed E-state index contributed by atoms with van der Waals surface area (Å²) in [6.07, 6.45) is 5.62. The van der Waals surface area contributed by atoms with Crippen LogP contribution in [0.3, 0.4) is 0 Å². The zero-order valence-corrected chi connectivity index (χ0v) is 18.9. The third-order valence-electron chi connectivity index (χ3n) is 5.86. The maximum absolute atomic E-state index is 9.84. The minimum atomic E-state index is -0.136. The highest BCUT2D eigenvalue weighted by molar-refractivity contribution is 6.32. The first-order chi connectivity index (χ1) is 16.1. The van der Waals surface area contributed by atoms with Gasteiger partial charge in [-0.2, -0.15) is 4.98 Å². The predicted octanol–water partition coefficient (Wildman–Crippen LogP) is 2.85. The van der Waals surface area contributed by atoms with Crippen molar-refractivity contribution >= 4 is 34.7 Å². The minimum absolute atomic E-state index is 0.136. The Hall–Kier alpha value is -3.56. The Kier molecular flexibility index (Phi) is 5.65. The van der Waals surface area contributed by atoms with Crippen LogP contribution in [0.1, 0.15) is 5.56 Å². The molecule has 0 spiro atoms. The molecule has 1 aliphatic rings. The summed E-state index contributed by atoms with van der Waals surface area (Å²) in [7, 11) is 1.55. The van der Waals surface area contributed by atoms with Crippen LogP contribution >= 0.6 is 11.6 Å². The topological polar surface area (TPSA) is 105 Å². The first kappa shape index (κ1) is 21.3. The van der Waals surface area contributed by atoms with Gasteiger partial charge in [0.15, 0.2) is 0 Å². The van der Waals surface area contributed by atoms with Crippen molar-refractivity contribution in [2.24, 2.45) is 0 Å². The number of hydrogen-bond acceptors (Lipinski definition) is 8. The molecule has 0 saturated carbocycles. The van der Waals surface area contributed by atoms with Crippen molar-refractivity contribution in [3.63, 3.8) is 0 Å². The van der Waals surface area contributed by atoms with Crippen LogP contribution in [0.5, 0.6) is 5.75 Å². The molecule has 0 atom stereocenters. The Morgan fingerprint density at radius 2 is 1.88 bits per heavy atom. The molecular weight excluding hydrogens is 442 g/mol. The fourth-order valence-electron chi connectivity index (χ4n) is 4.10. The Balaban J connectivity index is 1.38. The largest absolute Gasteiger partial charge is 0.495 e. The molecule has 0 unspecified atom stereocenters. The second-order valence-corrected chi connectivity index (χ2v) is 8.24. The number of nitrogens with zero attached hydrogens (tertiary/aromatic N) is 6. The molecule has 1 fully saturated rings. The number of nitrogens with two attached hydrogens (primary N) is 1. The van der Waals surface area contributed by atoms with Gasteiger partial charge in [-0.1, -0.05) is 11.6 Å². The van der Waals surface area contributed by atoms with Crippen molar-refractivity contribution in [3.05, 3.63) is 59.5 Å². The minimum Gasteiger partial charge on any atom is -0.495 e. The summed E-state index contributed by atoms with van der Waals surface area (Å²) in [4.78, 5) is 17.9. The van der Waals surface area contributed by atoms with Gasteiger partial charge >= 0.3 is 0 Å². The van der Waals surface area contributed by atoms with Gasteiger partial charge in [0.1, 0.15) is 17.2 Å². The molecule has 0 amide bonds. The van der Waals surface area contributed by atoms with E-state index in [0.717, 1.165) is 48.8 Å². The highest BCUT2D eigenvalue weighted by Crippen LogP contribution is 2.34. The van der Waals surface area contributed by atoms with E-state index in [-0.39, 0.29) is 6.61 Å². The van der Waals surface area contributed by atoms with Crippen molar-refractivity contribution in [1.29, 1.82) is 0 Å². The van der Waals surface area contributed by atoms with E-state index in [1.807, 2.05) is 16.8 Å². The molecule has 3 N–H and O–H groups in total. The summed E-state index contributed by atoms with van der Waals surface area (Å²) in [6.45, 7) is 3.15. The molecule has 0 bridgehead atoms. The van der Waals surface area contributed by atoms with E-state index in [1.54, 1.807) is 31.5 Å². The quantitative estimate of drug-likeness (QED) is 0.463. The van der Waals surface area contributed by atoms with E-state index in [9.17, 15) is 5.11 Å². The first-order valence-corrected chi connectivity index (χ1v) is 11.0. The second-order valence-electron chi connectivity index (χ2n) is 7.83. The molecule has 9 nitrogen and oxygen atoms in total. The summed E-state index contributed by atoms with van der Waals surface area (Å²) in [5.74, 6) is 1.67. The van der Waals surface area contributed by atoms with Crippen molar-refractivity contribution in [3.8, 4) is 17.0 Å². The van der Waals surface area contributed by atoms with E-state index in [1.165, 1.54) is 0 Å². The van der Waals surface area contributed by atoms with Crippen LogP contribution < -0.4 is 20.3 Å². The number of fused-ring (bicyclic) bond motifs is 1. The summed E-state index contributed by atoms with van der Waals surface area (Å²) >= 11 is 6.33. The number of methoxy groups -OCH3 is 1. The Labute approximate surface area is 196 Å². The van der Waals surface area contributed by atoms with Gasteiger partial charge in [-0.3, -0.25) is 0 Å². The van der Waals surface area contributed by atoms with Crippen molar-refractivity contribution in [2.45, 2.75) is 6.61 Å². The van der Waals surface area contributed by atoms with Crippen molar-refractivity contribution in [2.75, 3.05) is 48.8 Å². The van der Waals surface area contributed by atoms with E-state index in [2.05, 4.69) is 31.9 Å². The normalized spacial score (nSPS) is 14.2. The van der Waals surface area contributed by atoms with Gasteiger partial charge in [-0.25, -0.2) is 9.97 Å². The van der Waals surface area contributed by atoms with Crippen LogP contribution in [-0.2, 0) is 6.61 Å². The van der Waals surface area contributed by atoms with Crippen molar-refractivity contribution < 1.29 is 9.84 Å². The molecule has 33 heavy (non-hydrogen) atoms. The molecule has 1 aromatic carbocycles. The lowest BCUT2D eigenvalue weighted by molar-refractivity contribution is 0.281. The fourth-order valence-corrected chi connectivity index (χ4v) is 4.34. The fraction of sp³-hybridized carbons (Fsp3) is 0.261. The lowest BCUT2D eigenvalue weighted by atomic mass is 10.1. The standard InChI is InChI=1S/C23H24ClN7O2/c1-33-20-10-15(14-32)17(12-18(20)24)19-13-31-5-3-16(11-22(31)27-19)29-6-8-30(9-7-29)23-26-4-2-21(25)28-23/h2-5,10-13,32H,6-9,14H2,1H3,(H2,25,26,28). The molecule has 170 valence electrons. The SMILES string of the molecule is COc1cc(CO)c(-c2cn3ccc(N4CCN(c5nccc(N)n5)CC4)cc3n2)cc1Cl.